The second kappa shape index (κ2) is 10.6. The highest BCUT2D eigenvalue weighted by Gasteiger charge is 2.18. The molecular formula is C22H22N2O6. The van der Waals surface area contributed by atoms with Crippen LogP contribution in [0, 0.1) is 11.3 Å². The molecule has 0 radical (unpaired) electrons. The molecule has 0 aliphatic rings. The molecule has 0 saturated heterocycles. The molecule has 8 nitrogen and oxygen atoms in total. The van der Waals surface area contributed by atoms with Gasteiger partial charge in [-0.05, 0) is 69.3 Å². The third kappa shape index (κ3) is 6.95. The zero-order valence-electron chi connectivity index (χ0n) is 16.9. The zero-order valence-corrected chi connectivity index (χ0v) is 16.9. The molecule has 8 heteroatoms. The molecular weight excluding hydrogens is 388 g/mol. The van der Waals surface area contributed by atoms with Crippen LogP contribution < -0.4 is 10.1 Å². The maximum atomic E-state index is 12.0. The second-order valence-corrected chi connectivity index (χ2v) is 6.58. The average molecular weight is 410 g/mol. The van der Waals surface area contributed by atoms with Gasteiger partial charge in [0.15, 0.2) is 12.7 Å². The van der Waals surface area contributed by atoms with Crippen LogP contribution in [0.25, 0.3) is 0 Å². The van der Waals surface area contributed by atoms with Gasteiger partial charge in [0, 0.05) is 5.69 Å². The lowest BCUT2D eigenvalue weighted by molar-refractivity contribution is -0.153. The Balaban J connectivity index is 1.79. The molecule has 0 aliphatic carbocycles. The molecule has 1 atom stereocenters. The minimum absolute atomic E-state index is 0.227. The lowest BCUT2D eigenvalue weighted by Crippen LogP contribution is -2.29. The maximum Gasteiger partial charge on any atom is 0.347 e. The molecule has 0 aromatic heterocycles. The number of hydrogen-bond acceptors (Lipinski definition) is 7. The Morgan fingerprint density at radius 1 is 1.00 bits per heavy atom. The van der Waals surface area contributed by atoms with Gasteiger partial charge in [0.25, 0.3) is 5.91 Å². The first-order chi connectivity index (χ1) is 14.3. The van der Waals surface area contributed by atoms with Crippen LogP contribution >= 0.6 is 0 Å². The summed E-state index contributed by atoms with van der Waals surface area (Å²) in [5.41, 5.74) is 1.28. The molecule has 2 aromatic carbocycles. The van der Waals surface area contributed by atoms with E-state index in [2.05, 4.69) is 5.32 Å². The molecule has 0 aliphatic heterocycles. The molecule has 0 fully saturated rings. The molecule has 1 amide bonds. The van der Waals surface area contributed by atoms with Gasteiger partial charge in [0.05, 0.1) is 23.3 Å². The van der Waals surface area contributed by atoms with E-state index in [9.17, 15) is 14.4 Å². The van der Waals surface area contributed by atoms with E-state index in [0.717, 1.165) is 0 Å². The Hall–Kier alpha value is -3.86. The van der Waals surface area contributed by atoms with Crippen molar-refractivity contribution in [3.05, 3.63) is 59.7 Å². The number of ether oxygens (including phenoxy) is 3. The maximum absolute atomic E-state index is 12.0. The molecule has 0 heterocycles. The Bertz CT molecular complexity index is 930. The van der Waals surface area contributed by atoms with Crippen LogP contribution in [0.3, 0.4) is 0 Å². The SMILES string of the molecule is CC(C)OC(=O)c1ccc(NC(=O)COC(=O)[C@@H](C)Oc2ccc(C#N)cc2)cc1. The van der Waals surface area contributed by atoms with Crippen molar-refractivity contribution in [1.29, 1.82) is 5.26 Å². The van der Waals surface area contributed by atoms with Gasteiger partial charge in [-0.3, -0.25) is 4.79 Å². The van der Waals surface area contributed by atoms with Crippen molar-refractivity contribution < 1.29 is 28.6 Å². The normalized spacial score (nSPS) is 11.2. The number of anilines is 1. The number of esters is 2. The van der Waals surface area contributed by atoms with Crippen LogP contribution in [0.15, 0.2) is 48.5 Å². The number of nitrogens with one attached hydrogen (secondary N) is 1. The third-order valence-electron chi connectivity index (χ3n) is 3.72. The number of carbonyl (C=O) groups excluding carboxylic acids is 3. The Labute approximate surface area is 174 Å². The van der Waals surface area contributed by atoms with Crippen molar-refractivity contribution >= 4 is 23.5 Å². The van der Waals surface area contributed by atoms with Crippen molar-refractivity contribution in [2.24, 2.45) is 0 Å². The predicted octanol–water partition coefficient (Wildman–Crippen LogP) is 3.07. The van der Waals surface area contributed by atoms with Gasteiger partial charge < -0.3 is 19.5 Å². The Kier molecular flexibility index (Phi) is 7.94. The monoisotopic (exact) mass is 410 g/mol. The van der Waals surface area contributed by atoms with Crippen molar-refractivity contribution in [1.82, 2.24) is 0 Å². The van der Waals surface area contributed by atoms with Crippen molar-refractivity contribution in [3.8, 4) is 11.8 Å². The summed E-state index contributed by atoms with van der Waals surface area (Å²) in [5, 5.41) is 11.3. The van der Waals surface area contributed by atoms with E-state index in [-0.39, 0.29) is 6.10 Å². The van der Waals surface area contributed by atoms with Crippen LogP contribution in [0.5, 0.6) is 5.75 Å². The van der Waals surface area contributed by atoms with Gasteiger partial charge in [-0.2, -0.15) is 5.26 Å². The smallest absolute Gasteiger partial charge is 0.347 e. The van der Waals surface area contributed by atoms with Crippen LogP contribution in [-0.2, 0) is 19.1 Å². The first kappa shape index (κ1) is 22.4. The van der Waals surface area contributed by atoms with Crippen LogP contribution in [0.2, 0.25) is 0 Å². The molecule has 2 aromatic rings. The lowest BCUT2D eigenvalue weighted by Gasteiger charge is -2.14. The largest absolute Gasteiger partial charge is 0.479 e. The number of nitrogens with zero attached hydrogens (tertiary/aromatic N) is 1. The summed E-state index contributed by atoms with van der Waals surface area (Å²) in [6, 6.07) is 14.4. The number of benzene rings is 2. The highest BCUT2D eigenvalue weighted by molar-refractivity contribution is 5.94. The first-order valence-electron chi connectivity index (χ1n) is 9.23. The summed E-state index contributed by atoms with van der Waals surface area (Å²) in [4.78, 5) is 35.8. The zero-order chi connectivity index (χ0) is 22.1. The van der Waals surface area contributed by atoms with Gasteiger partial charge in [-0.25, -0.2) is 9.59 Å². The molecule has 156 valence electrons. The molecule has 0 saturated carbocycles. The number of rotatable bonds is 8. The quantitative estimate of drug-likeness (QED) is 0.665. The Morgan fingerprint density at radius 3 is 2.20 bits per heavy atom. The minimum atomic E-state index is -0.933. The van der Waals surface area contributed by atoms with Crippen LogP contribution in [-0.4, -0.2) is 36.7 Å². The van der Waals surface area contributed by atoms with Crippen LogP contribution in [0.1, 0.15) is 36.7 Å². The van der Waals surface area contributed by atoms with E-state index in [1.54, 1.807) is 50.2 Å². The fraction of sp³-hybridized carbons (Fsp3) is 0.273. The first-order valence-corrected chi connectivity index (χ1v) is 9.23. The van der Waals surface area contributed by atoms with E-state index < -0.39 is 30.6 Å². The van der Waals surface area contributed by atoms with E-state index in [1.807, 2.05) is 6.07 Å². The Morgan fingerprint density at radius 2 is 1.63 bits per heavy atom. The van der Waals surface area contributed by atoms with Crippen molar-refractivity contribution in [2.75, 3.05) is 11.9 Å². The summed E-state index contributed by atoms with van der Waals surface area (Å²) in [6.07, 6.45) is -1.16. The van der Waals surface area contributed by atoms with E-state index in [0.29, 0.717) is 22.6 Å². The lowest BCUT2D eigenvalue weighted by atomic mass is 10.2. The fourth-order valence-electron chi connectivity index (χ4n) is 2.28. The summed E-state index contributed by atoms with van der Waals surface area (Å²) in [7, 11) is 0. The molecule has 2 rings (SSSR count). The van der Waals surface area contributed by atoms with Gasteiger partial charge >= 0.3 is 11.9 Å². The average Bonchev–Trinajstić information content (AvgIpc) is 2.72. The summed E-state index contributed by atoms with van der Waals surface area (Å²) >= 11 is 0. The molecule has 0 spiro atoms. The number of nitriles is 1. The van der Waals surface area contributed by atoms with E-state index in [4.69, 9.17) is 19.5 Å². The minimum Gasteiger partial charge on any atom is -0.479 e. The second-order valence-electron chi connectivity index (χ2n) is 6.58. The molecule has 30 heavy (non-hydrogen) atoms. The summed E-state index contributed by atoms with van der Waals surface area (Å²) in [5.74, 6) is -1.29. The molecule has 1 N–H and O–H groups in total. The van der Waals surface area contributed by atoms with Gasteiger partial charge in [0.2, 0.25) is 0 Å². The van der Waals surface area contributed by atoms with E-state index in [1.165, 1.54) is 19.1 Å². The highest BCUT2D eigenvalue weighted by Crippen LogP contribution is 2.14. The number of carbonyl (C=O) groups is 3. The van der Waals surface area contributed by atoms with Crippen molar-refractivity contribution in [2.45, 2.75) is 33.0 Å². The van der Waals surface area contributed by atoms with Gasteiger partial charge in [-0.1, -0.05) is 0 Å². The summed E-state index contributed by atoms with van der Waals surface area (Å²) < 4.78 is 15.5. The van der Waals surface area contributed by atoms with E-state index >= 15 is 0 Å². The standard InChI is InChI=1S/C22H22N2O6/c1-14(2)29-22(27)17-6-8-18(9-7-17)24-20(25)13-28-21(26)15(3)30-19-10-4-16(12-23)5-11-19/h4-11,14-15H,13H2,1-3H3,(H,24,25)/t15-/m1/s1. The summed E-state index contributed by atoms with van der Waals surface area (Å²) in [6.45, 7) is 4.51. The number of hydrogen-bond donors (Lipinski definition) is 1. The highest BCUT2D eigenvalue weighted by atomic mass is 16.6. The van der Waals surface area contributed by atoms with Crippen molar-refractivity contribution in [3.63, 3.8) is 0 Å². The third-order valence-corrected chi connectivity index (χ3v) is 3.72. The fourth-order valence-corrected chi connectivity index (χ4v) is 2.28. The number of amides is 1. The van der Waals surface area contributed by atoms with Gasteiger partial charge in [0.1, 0.15) is 5.75 Å². The van der Waals surface area contributed by atoms with Crippen LogP contribution in [0.4, 0.5) is 5.69 Å². The molecule has 0 bridgehead atoms. The molecule has 0 unspecified atom stereocenters. The topological polar surface area (TPSA) is 115 Å². The predicted molar refractivity (Wildman–Crippen MR) is 108 cm³/mol. The van der Waals surface area contributed by atoms with Gasteiger partial charge in [-0.15, -0.1) is 0 Å².